The normalized spacial score (nSPS) is 15.1. The molecule has 0 bridgehead atoms. The first-order valence-corrected chi connectivity index (χ1v) is 7.71. The van der Waals surface area contributed by atoms with Crippen molar-refractivity contribution < 1.29 is 4.74 Å². The lowest BCUT2D eigenvalue weighted by Crippen LogP contribution is -2.37. The van der Waals surface area contributed by atoms with Crippen molar-refractivity contribution in [2.75, 3.05) is 26.8 Å². The molecule has 0 saturated carbocycles. The second-order valence-corrected chi connectivity index (χ2v) is 5.97. The quantitative estimate of drug-likeness (QED) is 0.331. The molecule has 5 nitrogen and oxygen atoms in total. The SMILES string of the molecule is CN=C(NCCC1=CCOCC1)NCc1ncc(C)s1.I. The summed E-state index contributed by atoms with van der Waals surface area (Å²) in [6, 6.07) is 0. The third kappa shape index (κ3) is 6.75. The number of guanidine groups is 1. The lowest BCUT2D eigenvalue weighted by Gasteiger charge is -2.15. The lowest BCUT2D eigenvalue weighted by atomic mass is 10.1. The van der Waals surface area contributed by atoms with Gasteiger partial charge in [-0.3, -0.25) is 4.99 Å². The van der Waals surface area contributed by atoms with Gasteiger partial charge in [-0.1, -0.05) is 11.6 Å². The molecular weight excluding hydrogens is 399 g/mol. The van der Waals surface area contributed by atoms with Gasteiger partial charge in [0.1, 0.15) is 5.01 Å². The van der Waals surface area contributed by atoms with Crippen molar-refractivity contribution in [2.45, 2.75) is 26.3 Å². The number of rotatable bonds is 5. The largest absolute Gasteiger partial charge is 0.377 e. The van der Waals surface area contributed by atoms with E-state index in [9.17, 15) is 0 Å². The summed E-state index contributed by atoms with van der Waals surface area (Å²) in [4.78, 5) is 9.78. The minimum atomic E-state index is 0. The molecule has 0 unspecified atom stereocenters. The second kappa shape index (κ2) is 10.1. The van der Waals surface area contributed by atoms with Gasteiger partial charge in [0.2, 0.25) is 0 Å². The van der Waals surface area contributed by atoms with Gasteiger partial charge in [-0.15, -0.1) is 35.3 Å². The van der Waals surface area contributed by atoms with Crippen LogP contribution in [0.5, 0.6) is 0 Å². The Morgan fingerprint density at radius 3 is 2.95 bits per heavy atom. The number of aryl methyl sites for hydroxylation is 1. The molecule has 1 aromatic heterocycles. The molecule has 0 aromatic carbocycles. The average Bonchev–Trinajstić information content (AvgIpc) is 2.89. The molecule has 0 atom stereocenters. The fourth-order valence-electron chi connectivity index (χ4n) is 2.00. The van der Waals surface area contributed by atoms with Crippen LogP contribution in [-0.2, 0) is 11.3 Å². The smallest absolute Gasteiger partial charge is 0.191 e. The lowest BCUT2D eigenvalue weighted by molar-refractivity contribution is 0.153. The Hall–Kier alpha value is -0.670. The number of aromatic nitrogens is 1. The molecule has 0 aliphatic carbocycles. The molecule has 1 aromatic rings. The molecule has 0 radical (unpaired) electrons. The number of halogens is 1. The van der Waals surface area contributed by atoms with Crippen molar-refractivity contribution in [3.05, 3.63) is 27.7 Å². The summed E-state index contributed by atoms with van der Waals surface area (Å²) in [5.41, 5.74) is 1.47. The summed E-state index contributed by atoms with van der Waals surface area (Å²) in [5, 5.41) is 7.69. The van der Waals surface area contributed by atoms with Gasteiger partial charge in [-0.25, -0.2) is 4.98 Å². The maximum atomic E-state index is 5.30. The Kier molecular flexibility index (Phi) is 8.86. The second-order valence-electron chi connectivity index (χ2n) is 4.65. The number of nitrogens with zero attached hydrogens (tertiary/aromatic N) is 2. The van der Waals surface area contributed by atoms with Crippen LogP contribution in [0.15, 0.2) is 22.8 Å². The van der Waals surface area contributed by atoms with Crippen LogP contribution in [-0.4, -0.2) is 37.7 Å². The highest BCUT2D eigenvalue weighted by Gasteiger charge is 2.05. The van der Waals surface area contributed by atoms with E-state index in [0.29, 0.717) is 6.54 Å². The summed E-state index contributed by atoms with van der Waals surface area (Å²) in [6.07, 6.45) is 6.17. The van der Waals surface area contributed by atoms with Crippen LogP contribution in [0.2, 0.25) is 0 Å². The van der Waals surface area contributed by atoms with Crippen LogP contribution in [0.4, 0.5) is 0 Å². The predicted octanol–water partition coefficient (Wildman–Crippen LogP) is 2.47. The molecule has 118 valence electrons. The number of thiazole rings is 1. The molecule has 1 aliphatic rings. The summed E-state index contributed by atoms with van der Waals surface area (Å²) >= 11 is 1.71. The molecule has 0 fully saturated rings. The number of hydrogen-bond donors (Lipinski definition) is 2. The molecule has 21 heavy (non-hydrogen) atoms. The standard InChI is InChI=1S/C14H22N4OS.HI/c1-11-9-17-13(20-11)10-18-14(15-2)16-6-3-12-4-7-19-8-5-12;/h4,9H,3,5-8,10H2,1-2H3,(H2,15,16,18);1H. The van der Waals surface area contributed by atoms with Gasteiger partial charge < -0.3 is 15.4 Å². The highest BCUT2D eigenvalue weighted by Crippen LogP contribution is 2.11. The Bertz CT molecular complexity index is 487. The van der Waals surface area contributed by atoms with Gasteiger partial charge in [0.25, 0.3) is 0 Å². The van der Waals surface area contributed by atoms with Gasteiger partial charge in [-0.05, 0) is 19.8 Å². The van der Waals surface area contributed by atoms with Crippen molar-refractivity contribution >= 4 is 41.3 Å². The predicted molar refractivity (Wildman–Crippen MR) is 98.6 cm³/mol. The van der Waals surface area contributed by atoms with Gasteiger partial charge in [0.15, 0.2) is 5.96 Å². The van der Waals surface area contributed by atoms with Crippen molar-refractivity contribution in [1.82, 2.24) is 15.6 Å². The van der Waals surface area contributed by atoms with Crippen LogP contribution in [0, 0.1) is 6.92 Å². The van der Waals surface area contributed by atoms with Gasteiger partial charge >= 0.3 is 0 Å². The third-order valence-electron chi connectivity index (χ3n) is 3.10. The van der Waals surface area contributed by atoms with E-state index in [4.69, 9.17) is 4.74 Å². The number of ether oxygens (including phenoxy) is 1. The van der Waals surface area contributed by atoms with Crippen LogP contribution < -0.4 is 10.6 Å². The van der Waals surface area contributed by atoms with Crippen molar-refractivity contribution in [1.29, 1.82) is 0 Å². The monoisotopic (exact) mass is 422 g/mol. The fourth-order valence-corrected chi connectivity index (χ4v) is 2.72. The minimum Gasteiger partial charge on any atom is -0.377 e. The van der Waals surface area contributed by atoms with Gasteiger partial charge in [-0.2, -0.15) is 0 Å². The number of aliphatic imine (C=N–C) groups is 1. The minimum absolute atomic E-state index is 0. The Balaban J connectivity index is 0.00000220. The molecular formula is C14H23IN4OS. The topological polar surface area (TPSA) is 58.5 Å². The van der Waals surface area contributed by atoms with E-state index >= 15 is 0 Å². The summed E-state index contributed by atoms with van der Waals surface area (Å²) < 4.78 is 5.30. The van der Waals surface area contributed by atoms with E-state index < -0.39 is 0 Å². The van der Waals surface area contributed by atoms with Gasteiger partial charge in [0.05, 0.1) is 19.8 Å². The van der Waals surface area contributed by atoms with Crippen LogP contribution >= 0.6 is 35.3 Å². The summed E-state index contributed by atoms with van der Waals surface area (Å²) in [7, 11) is 1.79. The summed E-state index contributed by atoms with van der Waals surface area (Å²) in [6.45, 7) is 5.28. The molecule has 2 heterocycles. The Morgan fingerprint density at radius 2 is 2.33 bits per heavy atom. The average molecular weight is 422 g/mol. The molecule has 0 saturated heterocycles. The van der Waals surface area contributed by atoms with Crippen LogP contribution in [0.1, 0.15) is 22.7 Å². The maximum absolute atomic E-state index is 5.30. The number of nitrogens with one attached hydrogen (secondary N) is 2. The van der Waals surface area contributed by atoms with Gasteiger partial charge in [0, 0.05) is 24.7 Å². The van der Waals surface area contributed by atoms with E-state index in [1.54, 1.807) is 18.4 Å². The molecule has 0 spiro atoms. The summed E-state index contributed by atoms with van der Waals surface area (Å²) in [5.74, 6) is 0.825. The zero-order valence-corrected chi connectivity index (χ0v) is 15.7. The third-order valence-corrected chi connectivity index (χ3v) is 4.01. The zero-order chi connectivity index (χ0) is 14.2. The first kappa shape index (κ1) is 18.4. The Labute approximate surface area is 147 Å². The van der Waals surface area contributed by atoms with E-state index in [0.717, 1.165) is 43.6 Å². The maximum Gasteiger partial charge on any atom is 0.191 e. The fraction of sp³-hybridized carbons (Fsp3) is 0.571. The highest BCUT2D eigenvalue weighted by atomic mass is 127. The first-order valence-electron chi connectivity index (χ1n) is 6.89. The van der Waals surface area contributed by atoms with E-state index in [1.165, 1.54) is 10.5 Å². The highest BCUT2D eigenvalue weighted by molar-refractivity contribution is 14.0. The van der Waals surface area contributed by atoms with Crippen LogP contribution in [0.3, 0.4) is 0 Å². The van der Waals surface area contributed by atoms with E-state index in [-0.39, 0.29) is 24.0 Å². The van der Waals surface area contributed by atoms with Crippen LogP contribution in [0.25, 0.3) is 0 Å². The zero-order valence-electron chi connectivity index (χ0n) is 12.5. The van der Waals surface area contributed by atoms with E-state index in [1.807, 2.05) is 6.20 Å². The van der Waals surface area contributed by atoms with Crippen molar-refractivity contribution in [2.24, 2.45) is 4.99 Å². The van der Waals surface area contributed by atoms with Crippen molar-refractivity contribution in [3.8, 4) is 0 Å². The van der Waals surface area contributed by atoms with E-state index in [2.05, 4.69) is 33.6 Å². The van der Waals surface area contributed by atoms with Crippen molar-refractivity contribution in [3.63, 3.8) is 0 Å². The molecule has 7 heteroatoms. The number of hydrogen-bond acceptors (Lipinski definition) is 4. The first-order chi connectivity index (χ1) is 9.78. The molecule has 0 amide bonds. The molecule has 2 rings (SSSR count). The molecule has 1 aliphatic heterocycles. The Morgan fingerprint density at radius 1 is 1.48 bits per heavy atom. The molecule has 2 N–H and O–H groups in total.